The van der Waals surface area contributed by atoms with Crippen LogP contribution in [-0.2, 0) is 16.4 Å². The summed E-state index contributed by atoms with van der Waals surface area (Å²) in [6, 6.07) is 8.20. The Balaban J connectivity index is 0.00000529. The lowest BCUT2D eigenvalue weighted by Gasteiger charge is -2.24. The van der Waals surface area contributed by atoms with Crippen molar-refractivity contribution in [3.8, 4) is 0 Å². The van der Waals surface area contributed by atoms with Crippen LogP contribution in [0.4, 0.5) is 0 Å². The summed E-state index contributed by atoms with van der Waals surface area (Å²) in [5.74, 6) is 0.783. The van der Waals surface area contributed by atoms with Crippen LogP contribution >= 0.6 is 24.0 Å². The molecular formula is C17H30IN3O2S. The molecule has 0 saturated carbocycles. The number of nitrogens with zero attached hydrogens (tertiary/aromatic N) is 2. The number of sulfone groups is 1. The quantitative estimate of drug-likeness (QED) is 0.411. The van der Waals surface area contributed by atoms with Gasteiger partial charge in [0.2, 0.25) is 0 Å². The zero-order chi connectivity index (χ0) is 17.7. The zero-order valence-electron chi connectivity index (χ0n) is 15.5. The summed E-state index contributed by atoms with van der Waals surface area (Å²) in [6.45, 7) is 8.32. The highest BCUT2D eigenvalue weighted by molar-refractivity contribution is 14.0. The first-order chi connectivity index (χ1) is 10.6. The summed E-state index contributed by atoms with van der Waals surface area (Å²) >= 11 is 0. The first kappa shape index (κ1) is 23.2. The van der Waals surface area contributed by atoms with Gasteiger partial charge < -0.3 is 10.2 Å². The molecule has 1 rings (SSSR count). The molecule has 138 valence electrons. The standard InChI is InChI=1S/C17H29N3O2S.HI/c1-14-9-7-8-10-15(14)13-20(6)16(18-5)19-11-12-23(21,22)17(2,3)4;/h7-10H,11-13H2,1-6H3,(H,18,19);1H. The molecule has 0 fully saturated rings. The maximum absolute atomic E-state index is 12.1. The van der Waals surface area contributed by atoms with E-state index in [1.807, 2.05) is 24.1 Å². The van der Waals surface area contributed by atoms with Crippen molar-refractivity contribution in [2.75, 3.05) is 26.4 Å². The van der Waals surface area contributed by atoms with Gasteiger partial charge in [0.05, 0.1) is 10.5 Å². The molecule has 1 N–H and O–H groups in total. The number of guanidine groups is 1. The van der Waals surface area contributed by atoms with Crippen molar-refractivity contribution >= 4 is 39.8 Å². The molecule has 0 unspecified atom stereocenters. The molecule has 0 aliphatic heterocycles. The summed E-state index contributed by atoms with van der Waals surface area (Å²) < 4.78 is 23.5. The van der Waals surface area contributed by atoms with Crippen LogP contribution in [0.3, 0.4) is 0 Å². The minimum atomic E-state index is -3.13. The van der Waals surface area contributed by atoms with Crippen LogP contribution < -0.4 is 5.32 Å². The van der Waals surface area contributed by atoms with E-state index in [1.54, 1.807) is 27.8 Å². The van der Waals surface area contributed by atoms with Crippen LogP contribution in [0.15, 0.2) is 29.3 Å². The molecule has 0 aliphatic carbocycles. The Morgan fingerprint density at radius 2 is 1.83 bits per heavy atom. The highest BCUT2D eigenvalue weighted by Crippen LogP contribution is 2.15. The first-order valence-electron chi connectivity index (χ1n) is 7.77. The molecule has 24 heavy (non-hydrogen) atoms. The molecule has 0 bridgehead atoms. The predicted molar refractivity (Wildman–Crippen MR) is 113 cm³/mol. The maximum Gasteiger partial charge on any atom is 0.193 e. The van der Waals surface area contributed by atoms with Crippen LogP contribution in [0.1, 0.15) is 31.9 Å². The maximum atomic E-state index is 12.1. The Hall–Kier alpha value is -0.830. The largest absolute Gasteiger partial charge is 0.355 e. The van der Waals surface area contributed by atoms with Crippen molar-refractivity contribution < 1.29 is 8.42 Å². The molecule has 7 heteroatoms. The number of nitrogens with one attached hydrogen (secondary N) is 1. The number of halogens is 1. The Bertz CT molecular complexity index is 652. The van der Waals surface area contributed by atoms with Crippen LogP contribution in [-0.4, -0.2) is 50.4 Å². The Labute approximate surface area is 163 Å². The monoisotopic (exact) mass is 467 g/mol. The van der Waals surface area contributed by atoms with Crippen LogP contribution in [0.25, 0.3) is 0 Å². The third kappa shape index (κ3) is 6.58. The van der Waals surface area contributed by atoms with Gasteiger partial charge in [-0.1, -0.05) is 24.3 Å². The number of aliphatic imine (C=N–C) groups is 1. The Morgan fingerprint density at radius 1 is 1.25 bits per heavy atom. The molecule has 0 aliphatic rings. The fourth-order valence-electron chi connectivity index (χ4n) is 2.11. The molecule has 0 spiro atoms. The highest BCUT2D eigenvalue weighted by Gasteiger charge is 2.28. The molecule has 0 atom stereocenters. The third-order valence-corrected chi connectivity index (χ3v) is 6.44. The average molecular weight is 467 g/mol. The summed E-state index contributed by atoms with van der Waals surface area (Å²) in [4.78, 5) is 6.22. The second-order valence-electron chi connectivity index (χ2n) is 6.69. The Morgan fingerprint density at radius 3 is 2.33 bits per heavy atom. The number of rotatable bonds is 5. The van der Waals surface area contributed by atoms with Crippen molar-refractivity contribution in [2.45, 2.75) is 39.0 Å². The van der Waals surface area contributed by atoms with Gasteiger partial charge >= 0.3 is 0 Å². The number of hydrogen-bond donors (Lipinski definition) is 1. The van der Waals surface area contributed by atoms with Crippen LogP contribution in [0.5, 0.6) is 0 Å². The van der Waals surface area contributed by atoms with Gasteiger partial charge in [-0.15, -0.1) is 24.0 Å². The van der Waals surface area contributed by atoms with Crippen LogP contribution in [0.2, 0.25) is 0 Å². The van der Waals surface area contributed by atoms with Gasteiger partial charge in [0.25, 0.3) is 0 Å². The summed E-state index contributed by atoms with van der Waals surface area (Å²) in [6.07, 6.45) is 0. The summed E-state index contributed by atoms with van der Waals surface area (Å²) in [7, 11) is 0.519. The van der Waals surface area contributed by atoms with Crippen LogP contribution in [0, 0.1) is 6.92 Å². The van der Waals surface area contributed by atoms with Crippen molar-refractivity contribution in [3.05, 3.63) is 35.4 Å². The van der Waals surface area contributed by atoms with Crippen molar-refractivity contribution in [1.82, 2.24) is 10.2 Å². The average Bonchev–Trinajstić information content (AvgIpc) is 2.44. The van der Waals surface area contributed by atoms with E-state index in [9.17, 15) is 8.42 Å². The topological polar surface area (TPSA) is 61.8 Å². The minimum Gasteiger partial charge on any atom is -0.355 e. The van der Waals surface area contributed by atoms with Crippen molar-refractivity contribution in [1.29, 1.82) is 0 Å². The highest BCUT2D eigenvalue weighted by atomic mass is 127. The molecule has 1 aromatic rings. The molecule has 5 nitrogen and oxygen atoms in total. The van der Waals surface area contributed by atoms with E-state index in [4.69, 9.17) is 0 Å². The number of benzene rings is 1. The molecule has 1 aromatic carbocycles. The smallest absolute Gasteiger partial charge is 0.193 e. The van der Waals surface area contributed by atoms with Crippen molar-refractivity contribution in [3.63, 3.8) is 0 Å². The van der Waals surface area contributed by atoms with Crippen molar-refractivity contribution in [2.24, 2.45) is 4.99 Å². The number of aryl methyl sites for hydroxylation is 1. The second-order valence-corrected chi connectivity index (χ2v) is 9.55. The van der Waals surface area contributed by atoms with E-state index >= 15 is 0 Å². The molecule has 0 heterocycles. The molecule has 0 saturated heterocycles. The normalized spacial score (nSPS) is 12.5. The minimum absolute atomic E-state index is 0. The SMILES string of the molecule is CN=C(NCCS(=O)(=O)C(C)(C)C)N(C)Cc1ccccc1C.I. The van der Waals surface area contributed by atoms with E-state index in [1.165, 1.54) is 11.1 Å². The lowest BCUT2D eigenvalue weighted by atomic mass is 10.1. The lowest BCUT2D eigenvalue weighted by molar-refractivity contribution is 0.477. The third-order valence-electron chi connectivity index (χ3n) is 3.83. The molecule has 0 amide bonds. The predicted octanol–water partition coefficient (Wildman–Crippen LogP) is 2.83. The van der Waals surface area contributed by atoms with Gasteiger partial charge in [-0.25, -0.2) is 8.42 Å². The van der Waals surface area contributed by atoms with Gasteiger partial charge in [0.1, 0.15) is 0 Å². The first-order valence-corrected chi connectivity index (χ1v) is 9.42. The lowest BCUT2D eigenvalue weighted by Crippen LogP contribution is -2.42. The van der Waals surface area contributed by atoms with Gasteiger partial charge in [-0.2, -0.15) is 0 Å². The molecule has 0 radical (unpaired) electrons. The fraction of sp³-hybridized carbons (Fsp3) is 0.588. The zero-order valence-corrected chi connectivity index (χ0v) is 18.6. The van der Waals surface area contributed by atoms with Gasteiger partial charge in [-0.05, 0) is 38.8 Å². The summed E-state index contributed by atoms with van der Waals surface area (Å²) in [5, 5.41) is 3.13. The Kier molecular flexibility index (Phi) is 9.27. The number of hydrogen-bond acceptors (Lipinski definition) is 3. The van der Waals surface area contributed by atoms with Gasteiger partial charge in [0, 0.05) is 27.2 Å². The van der Waals surface area contributed by atoms with E-state index in [0.29, 0.717) is 12.5 Å². The van der Waals surface area contributed by atoms with Gasteiger partial charge in [-0.3, -0.25) is 4.99 Å². The van der Waals surface area contributed by atoms with E-state index in [0.717, 1.165) is 6.54 Å². The molecular weight excluding hydrogens is 437 g/mol. The second kappa shape index (κ2) is 9.60. The molecule has 0 aromatic heterocycles. The van der Waals surface area contributed by atoms with E-state index in [2.05, 4.69) is 29.4 Å². The van der Waals surface area contributed by atoms with E-state index in [-0.39, 0.29) is 29.7 Å². The van der Waals surface area contributed by atoms with Gasteiger partial charge in [0.15, 0.2) is 15.8 Å². The van der Waals surface area contributed by atoms with E-state index < -0.39 is 14.6 Å². The fourth-order valence-corrected chi connectivity index (χ4v) is 3.09. The summed E-state index contributed by atoms with van der Waals surface area (Å²) in [5.41, 5.74) is 2.45.